The summed E-state index contributed by atoms with van der Waals surface area (Å²) < 4.78 is 5.62. The van der Waals surface area contributed by atoms with Crippen molar-refractivity contribution >= 4 is 23.0 Å². The van der Waals surface area contributed by atoms with E-state index in [1.807, 2.05) is 13.0 Å². The summed E-state index contributed by atoms with van der Waals surface area (Å²) in [5.41, 5.74) is 1.61. The third-order valence-electron chi connectivity index (χ3n) is 3.88. The van der Waals surface area contributed by atoms with E-state index in [4.69, 9.17) is 15.6 Å². The maximum atomic E-state index is 12.1. The third kappa shape index (κ3) is 4.43. The topological polar surface area (TPSA) is 111 Å². The molecule has 7 heteroatoms. The van der Waals surface area contributed by atoms with Crippen LogP contribution in [0.25, 0.3) is 0 Å². The fourth-order valence-electron chi connectivity index (χ4n) is 2.30. The lowest BCUT2D eigenvalue weighted by atomic mass is 9.97. The zero-order chi connectivity index (χ0) is 16.8. The highest BCUT2D eigenvalue weighted by Crippen LogP contribution is 2.18. The van der Waals surface area contributed by atoms with Gasteiger partial charge in [-0.15, -0.1) is 0 Å². The first-order chi connectivity index (χ1) is 11.0. The summed E-state index contributed by atoms with van der Waals surface area (Å²) in [6.07, 6.45) is 2.02. The van der Waals surface area contributed by atoms with Gasteiger partial charge in [0.05, 0.1) is 24.2 Å². The zero-order valence-electron chi connectivity index (χ0n) is 13.5. The first-order valence-electron chi connectivity index (χ1n) is 7.78. The Morgan fingerprint density at radius 3 is 2.87 bits per heavy atom. The van der Waals surface area contributed by atoms with Crippen LogP contribution in [0, 0.1) is 16.7 Å². The van der Waals surface area contributed by atoms with Crippen LogP contribution in [0.3, 0.4) is 0 Å². The summed E-state index contributed by atoms with van der Waals surface area (Å²) in [6.45, 7) is 5.76. The van der Waals surface area contributed by atoms with E-state index in [0.717, 1.165) is 18.8 Å². The van der Waals surface area contributed by atoms with Crippen LogP contribution in [0.5, 0.6) is 0 Å². The Balaban J connectivity index is 1.96. The van der Waals surface area contributed by atoms with Crippen molar-refractivity contribution in [1.29, 1.82) is 10.8 Å². The number of ether oxygens (including phenoxy) is 1. The Hall–Kier alpha value is -2.12. The van der Waals surface area contributed by atoms with E-state index in [2.05, 4.69) is 15.6 Å². The summed E-state index contributed by atoms with van der Waals surface area (Å²) in [5.74, 6) is -0.977. The summed E-state index contributed by atoms with van der Waals surface area (Å²) in [7, 11) is 0. The lowest BCUT2D eigenvalue weighted by Crippen LogP contribution is -2.33. The average molecular weight is 317 g/mol. The van der Waals surface area contributed by atoms with E-state index in [9.17, 15) is 4.79 Å². The number of carbonyl (C=O) groups excluding carboxylic acids is 1. The van der Waals surface area contributed by atoms with Crippen molar-refractivity contribution in [3.8, 4) is 0 Å². The Morgan fingerprint density at radius 2 is 2.30 bits per heavy atom. The number of carbonyl (C=O) groups is 1. The summed E-state index contributed by atoms with van der Waals surface area (Å²) >= 11 is 0. The second-order valence-corrected chi connectivity index (χ2v) is 5.50. The van der Waals surface area contributed by atoms with Crippen molar-refractivity contribution in [2.24, 2.45) is 5.92 Å². The van der Waals surface area contributed by atoms with Crippen molar-refractivity contribution in [3.63, 3.8) is 0 Å². The fourth-order valence-corrected chi connectivity index (χ4v) is 2.30. The van der Waals surface area contributed by atoms with E-state index in [1.54, 1.807) is 19.2 Å². The second kappa shape index (κ2) is 7.94. The molecule has 0 saturated carbocycles. The summed E-state index contributed by atoms with van der Waals surface area (Å²) in [4.78, 5) is 16.4. The number of rotatable bonds is 6. The molecule has 2 rings (SSSR count). The van der Waals surface area contributed by atoms with Crippen molar-refractivity contribution < 1.29 is 9.53 Å². The maximum absolute atomic E-state index is 12.1. The lowest BCUT2D eigenvalue weighted by Gasteiger charge is -2.23. The fraction of sp³-hybridized carbons (Fsp3) is 0.500. The molecule has 0 radical (unpaired) electrons. The predicted octanol–water partition coefficient (Wildman–Crippen LogP) is 1.77. The molecule has 7 nitrogen and oxygen atoms in total. The van der Waals surface area contributed by atoms with Gasteiger partial charge in [0.1, 0.15) is 11.8 Å². The Kier molecular flexibility index (Phi) is 5.95. The van der Waals surface area contributed by atoms with Gasteiger partial charge in [-0.25, -0.2) is 0 Å². The van der Waals surface area contributed by atoms with E-state index in [-0.39, 0.29) is 11.8 Å². The Morgan fingerprint density at radius 1 is 1.52 bits per heavy atom. The SMILES string of the molecule is CCC(=N)C(C)C(=N)C(=O)Nc1ccc(C2CNCCO2)nc1. The van der Waals surface area contributed by atoms with Crippen molar-refractivity contribution in [3.05, 3.63) is 24.0 Å². The van der Waals surface area contributed by atoms with Gasteiger partial charge in [0.2, 0.25) is 0 Å². The van der Waals surface area contributed by atoms with Crippen LogP contribution in [0.2, 0.25) is 0 Å². The van der Waals surface area contributed by atoms with E-state index in [0.29, 0.717) is 24.4 Å². The highest BCUT2D eigenvalue weighted by atomic mass is 16.5. The highest BCUT2D eigenvalue weighted by molar-refractivity contribution is 6.45. The molecule has 1 saturated heterocycles. The number of nitrogens with one attached hydrogen (secondary N) is 4. The van der Waals surface area contributed by atoms with Crippen molar-refractivity contribution in [2.45, 2.75) is 26.4 Å². The van der Waals surface area contributed by atoms with E-state index in [1.165, 1.54) is 0 Å². The molecule has 124 valence electrons. The van der Waals surface area contributed by atoms with E-state index >= 15 is 0 Å². The molecule has 0 aromatic carbocycles. The number of amides is 1. The molecule has 0 aliphatic carbocycles. The first-order valence-corrected chi connectivity index (χ1v) is 7.78. The number of nitrogens with zero attached hydrogens (tertiary/aromatic N) is 1. The summed E-state index contributed by atoms with van der Waals surface area (Å²) in [5, 5.41) is 21.5. The Bertz CT molecular complexity index is 579. The number of hydrogen-bond donors (Lipinski definition) is 4. The molecule has 0 spiro atoms. The number of hydrogen-bond acceptors (Lipinski definition) is 6. The van der Waals surface area contributed by atoms with Gasteiger partial charge in [0, 0.05) is 24.7 Å². The molecule has 1 aliphatic heterocycles. The minimum absolute atomic E-state index is 0.0724. The van der Waals surface area contributed by atoms with Gasteiger partial charge >= 0.3 is 0 Å². The Labute approximate surface area is 135 Å². The highest BCUT2D eigenvalue weighted by Gasteiger charge is 2.21. The van der Waals surface area contributed by atoms with Crippen LogP contribution < -0.4 is 10.6 Å². The molecule has 2 atom stereocenters. The number of anilines is 1. The number of morpholine rings is 1. The predicted molar refractivity (Wildman–Crippen MR) is 89.3 cm³/mol. The number of pyridine rings is 1. The lowest BCUT2D eigenvalue weighted by molar-refractivity contribution is -0.110. The molecule has 1 aromatic rings. The molecule has 23 heavy (non-hydrogen) atoms. The van der Waals surface area contributed by atoms with Crippen LogP contribution in [0.15, 0.2) is 18.3 Å². The van der Waals surface area contributed by atoms with Crippen LogP contribution in [-0.2, 0) is 9.53 Å². The molecule has 1 fully saturated rings. The molecule has 1 amide bonds. The molecular formula is C16H23N5O2. The van der Waals surface area contributed by atoms with Gasteiger partial charge in [-0.2, -0.15) is 0 Å². The van der Waals surface area contributed by atoms with Crippen LogP contribution in [0.1, 0.15) is 32.1 Å². The minimum atomic E-state index is -0.499. The van der Waals surface area contributed by atoms with Crippen LogP contribution >= 0.6 is 0 Å². The van der Waals surface area contributed by atoms with Gasteiger partial charge in [-0.1, -0.05) is 13.8 Å². The monoisotopic (exact) mass is 317 g/mol. The minimum Gasteiger partial charge on any atom is -0.369 e. The standard InChI is InChI=1S/C16H23N5O2/c1-3-12(17)10(2)15(18)16(22)21-11-4-5-13(20-8-11)14-9-19-6-7-23-14/h4-5,8,10,14,17-19H,3,6-7,9H2,1-2H3,(H,21,22). The molecule has 0 bridgehead atoms. The molecule has 2 heterocycles. The van der Waals surface area contributed by atoms with Gasteiger partial charge in [-0.3, -0.25) is 15.2 Å². The normalized spacial score (nSPS) is 19.0. The largest absolute Gasteiger partial charge is 0.369 e. The second-order valence-electron chi connectivity index (χ2n) is 5.50. The number of aromatic nitrogens is 1. The zero-order valence-corrected chi connectivity index (χ0v) is 13.5. The third-order valence-corrected chi connectivity index (χ3v) is 3.88. The smallest absolute Gasteiger partial charge is 0.270 e. The van der Waals surface area contributed by atoms with Crippen molar-refractivity contribution in [2.75, 3.05) is 25.0 Å². The van der Waals surface area contributed by atoms with Gasteiger partial charge in [0.25, 0.3) is 5.91 Å². The van der Waals surface area contributed by atoms with Crippen LogP contribution in [0.4, 0.5) is 5.69 Å². The molecule has 2 unspecified atom stereocenters. The van der Waals surface area contributed by atoms with E-state index < -0.39 is 11.8 Å². The molecular weight excluding hydrogens is 294 g/mol. The maximum Gasteiger partial charge on any atom is 0.270 e. The van der Waals surface area contributed by atoms with Gasteiger partial charge in [0.15, 0.2) is 0 Å². The average Bonchev–Trinajstić information content (AvgIpc) is 2.61. The summed E-state index contributed by atoms with van der Waals surface area (Å²) in [6, 6.07) is 3.57. The van der Waals surface area contributed by atoms with Gasteiger partial charge in [-0.05, 0) is 18.6 Å². The molecule has 4 N–H and O–H groups in total. The van der Waals surface area contributed by atoms with Gasteiger partial charge < -0.3 is 20.8 Å². The quantitative estimate of drug-likeness (QED) is 0.599. The molecule has 1 aromatic heterocycles. The van der Waals surface area contributed by atoms with Crippen LogP contribution in [-0.4, -0.2) is 42.0 Å². The first kappa shape index (κ1) is 17.2. The van der Waals surface area contributed by atoms with Crippen molar-refractivity contribution in [1.82, 2.24) is 10.3 Å². The molecule has 1 aliphatic rings.